The van der Waals surface area contributed by atoms with E-state index in [-0.39, 0.29) is 23.6 Å². The number of carbonyl (C=O) groups excluding carboxylic acids is 2. The van der Waals surface area contributed by atoms with Crippen LogP contribution in [0.3, 0.4) is 0 Å². The molecule has 0 bridgehead atoms. The summed E-state index contributed by atoms with van der Waals surface area (Å²) in [5.41, 5.74) is 1.40. The summed E-state index contributed by atoms with van der Waals surface area (Å²) in [5, 5.41) is 18.1. The topological polar surface area (TPSA) is 114 Å². The van der Waals surface area contributed by atoms with Gasteiger partial charge in [-0.2, -0.15) is 0 Å². The van der Waals surface area contributed by atoms with Crippen LogP contribution in [0.4, 0.5) is 10.8 Å². The zero-order valence-corrected chi connectivity index (χ0v) is 16.0. The molecule has 0 atom stereocenters. The molecule has 2 aromatic rings. The molecule has 142 valence electrons. The Kier molecular flexibility index (Phi) is 6.40. The largest absolute Gasteiger partial charge is 0.343 e. The standard InChI is InChI=1S/C18H20N4O4S/c1-18(2,3)14-11-27-17(20-14)21-16(24)10-19-15(23)9-6-12-4-7-13(8-5-12)22(25)26/h4-9,11H,10H2,1-3H3,(H,19,23)(H,20,21,24)/b9-6+. The molecule has 1 heterocycles. The Morgan fingerprint density at radius 3 is 2.48 bits per heavy atom. The SMILES string of the molecule is CC(C)(C)c1csc(NC(=O)CNC(=O)/C=C/c2ccc([N+](=O)[O-])cc2)n1. The molecule has 1 aromatic carbocycles. The van der Waals surface area contributed by atoms with E-state index in [1.54, 1.807) is 0 Å². The summed E-state index contributed by atoms with van der Waals surface area (Å²) >= 11 is 1.33. The number of nitro benzene ring substituents is 1. The second-order valence-electron chi connectivity index (χ2n) is 6.74. The number of benzene rings is 1. The van der Waals surface area contributed by atoms with Crippen molar-refractivity contribution in [3.8, 4) is 0 Å². The number of anilines is 1. The first kappa shape index (κ1) is 20.2. The Morgan fingerprint density at radius 2 is 1.93 bits per heavy atom. The lowest BCUT2D eigenvalue weighted by atomic mass is 9.93. The van der Waals surface area contributed by atoms with Crippen molar-refractivity contribution in [3.05, 3.63) is 57.1 Å². The number of aromatic nitrogens is 1. The number of nitrogens with one attached hydrogen (secondary N) is 2. The number of amides is 2. The fourth-order valence-corrected chi connectivity index (χ4v) is 2.90. The van der Waals surface area contributed by atoms with E-state index < -0.39 is 10.8 Å². The van der Waals surface area contributed by atoms with Crippen LogP contribution in [0.1, 0.15) is 32.0 Å². The van der Waals surface area contributed by atoms with E-state index in [9.17, 15) is 19.7 Å². The molecule has 0 aliphatic carbocycles. The van der Waals surface area contributed by atoms with E-state index >= 15 is 0 Å². The molecule has 0 aliphatic heterocycles. The molecule has 2 N–H and O–H groups in total. The molecular formula is C18H20N4O4S. The van der Waals surface area contributed by atoms with Gasteiger partial charge in [-0.05, 0) is 23.8 Å². The normalized spacial score (nSPS) is 11.4. The van der Waals surface area contributed by atoms with Gasteiger partial charge in [0.25, 0.3) is 5.69 Å². The van der Waals surface area contributed by atoms with E-state index in [1.807, 2.05) is 26.2 Å². The van der Waals surface area contributed by atoms with Gasteiger partial charge in [0.2, 0.25) is 11.8 Å². The van der Waals surface area contributed by atoms with Crippen molar-refractivity contribution < 1.29 is 14.5 Å². The highest BCUT2D eigenvalue weighted by Gasteiger charge is 2.18. The lowest BCUT2D eigenvalue weighted by molar-refractivity contribution is -0.384. The quantitative estimate of drug-likeness (QED) is 0.448. The minimum Gasteiger partial charge on any atom is -0.343 e. The number of thiazole rings is 1. The van der Waals surface area contributed by atoms with Crippen LogP contribution in [0.5, 0.6) is 0 Å². The van der Waals surface area contributed by atoms with Crippen molar-refractivity contribution in [1.29, 1.82) is 0 Å². The zero-order valence-electron chi connectivity index (χ0n) is 15.2. The fraction of sp³-hybridized carbons (Fsp3) is 0.278. The lowest BCUT2D eigenvalue weighted by Crippen LogP contribution is -2.31. The fourth-order valence-electron chi connectivity index (χ4n) is 1.94. The molecule has 0 unspecified atom stereocenters. The molecule has 27 heavy (non-hydrogen) atoms. The summed E-state index contributed by atoms with van der Waals surface area (Å²) in [4.78, 5) is 38.1. The third-order valence-electron chi connectivity index (χ3n) is 3.47. The molecule has 0 saturated carbocycles. The second-order valence-corrected chi connectivity index (χ2v) is 7.59. The van der Waals surface area contributed by atoms with Gasteiger partial charge in [0.05, 0.1) is 17.2 Å². The van der Waals surface area contributed by atoms with Crippen LogP contribution in [-0.4, -0.2) is 28.3 Å². The average molecular weight is 388 g/mol. The first-order valence-corrected chi connectivity index (χ1v) is 8.99. The first-order valence-electron chi connectivity index (χ1n) is 8.11. The highest BCUT2D eigenvalue weighted by Crippen LogP contribution is 2.26. The van der Waals surface area contributed by atoms with Crippen LogP contribution < -0.4 is 10.6 Å². The molecule has 8 nitrogen and oxygen atoms in total. The maximum absolute atomic E-state index is 11.9. The van der Waals surface area contributed by atoms with Crippen molar-refractivity contribution in [1.82, 2.24) is 10.3 Å². The van der Waals surface area contributed by atoms with Gasteiger partial charge in [0.15, 0.2) is 5.13 Å². The van der Waals surface area contributed by atoms with Crippen LogP contribution >= 0.6 is 11.3 Å². The molecule has 0 radical (unpaired) electrons. The Bertz CT molecular complexity index is 866. The van der Waals surface area contributed by atoms with Gasteiger partial charge in [-0.1, -0.05) is 20.8 Å². The van der Waals surface area contributed by atoms with Gasteiger partial charge in [-0.15, -0.1) is 11.3 Å². The summed E-state index contributed by atoms with van der Waals surface area (Å²) in [6, 6.07) is 5.77. The van der Waals surface area contributed by atoms with E-state index in [4.69, 9.17) is 0 Å². The summed E-state index contributed by atoms with van der Waals surface area (Å²) in [6.45, 7) is 5.91. The number of nitrogens with zero attached hydrogens (tertiary/aromatic N) is 2. The van der Waals surface area contributed by atoms with E-state index in [0.29, 0.717) is 10.7 Å². The van der Waals surface area contributed by atoms with Gasteiger partial charge < -0.3 is 10.6 Å². The van der Waals surface area contributed by atoms with Gasteiger partial charge in [-0.3, -0.25) is 19.7 Å². The maximum Gasteiger partial charge on any atom is 0.269 e. The third-order valence-corrected chi connectivity index (χ3v) is 4.23. The summed E-state index contributed by atoms with van der Waals surface area (Å²) in [5.74, 6) is -0.820. The predicted molar refractivity (Wildman–Crippen MR) is 105 cm³/mol. The third kappa shape index (κ3) is 6.30. The van der Waals surface area contributed by atoms with Gasteiger partial charge >= 0.3 is 0 Å². The summed E-state index contributed by atoms with van der Waals surface area (Å²) < 4.78 is 0. The Balaban J connectivity index is 1.81. The van der Waals surface area contributed by atoms with Gasteiger partial charge in [0.1, 0.15) is 0 Å². The second kappa shape index (κ2) is 8.54. The van der Waals surface area contributed by atoms with Crippen LogP contribution in [0.15, 0.2) is 35.7 Å². The highest BCUT2D eigenvalue weighted by molar-refractivity contribution is 7.13. The van der Waals surface area contributed by atoms with Gasteiger partial charge in [-0.25, -0.2) is 4.98 Å². The molecule has 0 aliphatic rings. The van der Waals surface area contributed by atoms with Crippen LogP contribution in [0.25, 0.3) is 6.08 Å². The smallest absolute Gasteiger partial charge is 0.269 e. The number of nitro groups is 1. The number of hydrogen-bond donors (Lipinski definition) is 2. The monoisotopic (exact) mass is 388 g/mol. The molecule has 0 saturated heterocycles. The van der Waals surface area contributed by atoms with E-state index in [1.165, 1.54) is 47.8 Å². The molecule has 2 rings (SSSR count). The van der Waals surface area contributed by atoms with Crippen LogP contribution in [0.2, 0.25) is 0 Å². The molecule has 2 amide bonds. The first-order chi connectivity index (χ1) is 12.6. The molecule has 0 spiro atoms. The Labute approximate surface area is 160 Å². The Morgan fingerprint density at radius 1 is 1.26 bits per heavy atom. The van der Waals surface area contributed by atoms with Gasteiger partial charge in [0, 0.05) is 29.0 Å². The highest BCUT2D eigenvalue weighted by atomic mass is 32.1. The lowest BCUT2D eigenvalue weighted by Gasteiger charge is -2.14. The maximum atomic E-state index is 11.9. The zero-order chi connectivity index (χ0) is 20.0. The number of rotatable bonds is 6. The summed E-state index contributed by atoms with van der Waals surface area (Å²) in [7, 11) is 0. The van der Waals surface area contributed by atoms with Crippen LogP contribution in [-0.2, 0) is 15.0 Å². The molecule has 0 fully saturated rings. The average Bonchev–Trinajstić information content (AvgIpc) is 3.07. The summed E-state index contributed by atoms with van der Waals surface area (Å²) in [6.07, 6.45) is 2.77. The van der Waals surface area contributed by atoms with Crippen molar-refractivity contribution >= 4 is 40.0 Å². The molecule has 1 aromatic heterocycles. The van der Waals surface area contributed by atoms with E-state index in [0.717, 1.165) is 5.69 Å². The number of carbonyl (C=O) groups is 2. The predicted octanol–water partition coefficient (Wildman–Crippen LogP) is 3.12. The Hall–Kier alpha value is -3.07. The van der Waals surface area contributed by atoms with Crippen molar-refractivity contribution in [2.75, 3.05) is 11.9 Å². The van der Waals surface area contributed by atoms with E-state index in [2.05, 4.69) is 15.6 Å². The van der Waals surface area contributed by atoms with Crippen molar-refractivity contribution in [2.45, 2.75) is 26.2 Å². The number of hydrogen-bond acceptors (Lipinski definition) is 6. The molecular weight excluding hydrogens is 368 g/mol. The minimum atomic E-state index is -0.494. The molecule has 9 heteroatoms. The van der Waals surface area contributed by atoms with Crippen molar-refractivity contribution in [3.63, 3.8) is 0 Å². The van der Waals surface area contributed by atoms with Crippen molar-refractivity contribution in [2.24, 2.45) is 0 Å². The number of non-ortho nitro benzene ring substituents is 1. The minimum absolute atomic E-state index is 0.0231. The van der Waals surface area contributed by atoms with Crippen LogP contribution in [0, 0.1) is 10.1 Å².